The molecule has 23 heavy (non-hydrogen) atoms. The van der Waals surface area contributed by atoms with E-state index in [1.54, 1.807) is 18.3 Å². The summed E-state index contributed by atoms with van der Waals surface area (Å²) in [6.45, 7) is 0. The van der Waals surface area contributed by atoms with Crippen molar-refractivity contribution in [3.63, 3.8) is 0 Å². The van der Waals surface area contributed by atoms with Crippen LogP contribution in [0.5, 0.6) is 0 Å². The minimum absolute atomic E-state index is 0.114. The summed E-state index contributed by atoms with van der Waals surface area (Å²) in [6.07, 6.45) is 1.58. The molecule has 2 aromatic carbocycles. The molecule has 0 spiro atoms. The monoisotopic (exact) mass is 367 g/mol. The first-order valence-corrected chi connectivity index (χ1v) is 7.71. The van der Waals surface area contributed by atoms with E-state index in [2.05, 4.69) is 26.1 Å². The third-order valence-electron chi connectivity index (χ3n) is 3.42. The van der Waals surface area contributed by atoms with Gasteiger partial charge in [0, 0.05) is 10.5 Å². The zero-order valence-electron chi connectivity index (χ0n) is 11.8. The molecule has 0 aliphatic rings. The van der Waals surface area contributed by atoms with Crippen LogP contribution in [0.2, 0.25) is 0 Å². The zero-order valence-corrected chi connectivity index (χ0v) is 13.4. The van der Waals surface area contributed by atoms with Crippen LogP contribution in [0, 0.1) is 0 Å². The normalized spacial score (nSPS) is 11.0. The van der Waals surface area contributed by atoms with Crippen molar-refractivity contribution in [3.8, 4) is 17.1 Å². The summed E-state index contributed by atoms with van der Waals surface area (Å²) < 4.78 is 6.63. The third-order valence-corrected chi connectivity index (χ3v) is 3.91. The predicted molar refractivity (Wildman–Crippen MR) is 90.5 cm³/mol. The second-order valence-corrected chi connectivity index (χ2v) is 5.89. The fourth-order valence-corrected chi connectivity index (χ4v) is 2.68. The number of benzene rings is 2. The number of para-hydroxylation sites is 1. The summed E-state index contributed by atoms with van der Waals surface area (Å²) >= 11 is 3.35. The van der Waals surface area contributed by atoms with E-state index in [0.29, 0.717) is 22.4 Å². The number of nitrogens with zero attached hydrogens (tertiary/aromatic N) is 3. The van der Waals surface area contributed by atoms with Gasteiger partial charge < -0.3 is 4.42 Å². The number of rotatable bonds is 2. The molecule has 0 N–H and O–H groups in total. The summed E-state index contributed by atoms with van der Waals surface area (Å²) in [5.41, 5.74) is 1.75. The lowest BCUT2D eigenvalue weighted by Crippen LogP contribution is -2.01. The average Bonchev–Trinajstić information content (AvgIpc) is 3.06. The summed E-state index contributed by atoms with van der Waals surface area (Å²) in [5, 5.41) is 9.13. The van der Waals surface area contributed by atoms with E-state index in [4.69, 9.17) is 4.42 Å². The SMILES string of the molecule is O=c1cc(-c2cnn(-c3ccccc3)n2)oc2ccc(Br)cc12. The largest absolute Gasteiger partial charge is 0.454 e. The quantitative estimate of drug-likeness (QED) is 0.540. The van der Waals surface area contributed by atoms with Crippen LogP contribution in [-0.4, -0.2) is 15.0 Å². The van der Waals surface area contributed by atoms with Crippen LogP contribution in [-0.2, 0) is 0 Å². The molecule has 0 fully saturated rings. The van der Waals surface area contributed by atoms with Gasteiger partial charge in [0.2, 0.25) is 0 Å². The first-order valence-electron chi connectivity index (χ1n) is 6.92. The minimum atomic E-state index is -0.114. The first-order chi connectivity index (χ1) is 11.2. The van der Waals surface area contributed by atoms with Crippen molar-refractivity contribution < 1.29 is 4.42 Å². The van der Waals surface area contributed by atoms with Crippen molar-refractivity contribution in [1.82, 2.24) is 15.0 Å². The van der Waals surface area contributed by atoms with Gasteiger partial charge in [0.15, 0.2) is 11.2 Å². The molecule has 0 atom stereocenters. The molecule has 0 aliphatic heterocycles. The maximum Gasteiger partial charge on any atom is 0.193 e. The van der Waals surface area contributed by atoms with Gasteiger partial charge in [0.1, 0.15) is 11.3 Å². The van der Waals surface area contributed by atoms with Crippen molar-refractivity contribution in [2.75, 3.05) is 0 Å². The van der Waals surface area contributed by atoms with E-state index in [9.17, 15) is 4.79 Å². The molecule has 4 rings (SSSR count). The molecule has 2 aromatic heterocycles. The second-order valence-electron chi connectivity index (χ2n) is 4.97. The van der Waals surface area contributed by atoms with Gasteiger partial charge in [0.25, 0.3) is 0 Å². The molecule has 0 saturated carbocycles. The molecule has 0 radical (unpaired) electrons. The summed E-state index contributed by atoms with van der Waals surface area (Å²) in [4.78, 5) is 13.8. The molecular weight excluding hydrogens is 358 g/mol. The lowest BCUT2D eigenvalue weighted by molar-refractivity contribution is 0.614. The standard InChI is InChI=1S/C17H10BrN3O2/c18-11-6-7-16-13(8-11)15(22)9-17(23-16)14-10-19-21(20-14)12-4-2-1-3-5-12/h1-10H. The maximum atomic E-state index is 12.3. The fourth-order valence-electron chi connectivity index (χ4n) is 2.32. The Morgan fingerprint density at radius 2 is 1.87 bits per heavy atom. The topological polar surface area (TPSA) is 60.9 Å². The molecule has 0 amide bonds. The van der Waals surface area contributed by atoms with Crippen LogP contribution in [0.3, 0.4) is 0 Å². The Labute approximate surface area is 139 Å². The minimum Gasteiger partial charge on any atom is -0.454 e. The van der Waals surface area contributed by atoms with Gasteiger partial charge in [-0.2, -0.15) is 9.90 Å². The second kappa shape index (κ2) is 5.48. The molecular formula is C17H10BrN3O2. The summed E-state index contributed by atoms with van der Waals surface area (Å²) in [7, 11) is 0. The zero-order chi connectivity index (χ0) is 15.8. The van der Waals surface area contributed by atoms with Crippen LogP contribution in [0.15, 0.2) is 74.5 Å². The van der Waals surface area contributed by atoms with Crippen molar-refractivity contribution in [2.24, 2.45) is 0 Å². The molecule has 0 saturated heterocycles. The highest BCUT2D eigenvalue weighted by molar-refractivity contribution is 9.10. The molecule has 112 valence electrons. The Balaban J connectivity index is 1.82. The van der Waals surface area contributed by atoms with Crippen LogP contribution in [0.1, 0.15) is 0 Å². The number of fused-ring (bicyclic) bond motifs is 1. The molecule has 0 aliphatic carbocycles. The van der Waals surface area contributed by atoms with Crippen molar-refractivity contribution in [2.45, 2.75) is 0 Å². The highest BCUT2D eigenvalue weighted by atomic mass is 79.9. The number of halogens is 1. The summed E-state index contributed by atoms with van der Waals surface area (Å²) in [6, 6.07) is 16.3. The van der Waals surface area contributed by atoms with E-state index in [1.165, 1.54) is 10.9 Å². The highest BCUT2D eigenvalue weighted by Crippen LogP contribution is 2.22. The van der Waals surface area contributed by atoms with Crippen molar-refractivity contribution >= 4 is 26.9 Å². The van der Waals surface area contributed by atoms with Crippen LogP contribution >= 0.6 is 15.9 Å². The van der Waals surface area contributed by atoms with Crippen LogP contribution < -0.4 is 5.43 Å². The van der Waals surface area contributed by atoms with E-state index in [-0.39, 0.29) is 5.43 Å². The van der Waals surface area contributed by atoms with Gasteiger partial charge in [-0.25, -0.2) is 0 Å². The van der Waals surface area contributed by atoms with E-state index in [1.807, 2.05) is 36.4 Å². The smallest absolute Gasteiger partial charge is 0.193 e. The average molecular weight is 368 g/mol. The Kier molecular flexibility index (Phi) is 3.31. The van der Waals surface area contributed by atoms with Gasteiger partial charge in [-0.3, -0.25) is 4.79 Å². The van der Waals surface area contributed by atoms with Gasteiger partial charge >= 0.3 is 0 Å². The molecule has 6 heteroatoms. The lowest BCUT2D eigenvalue weighted by Gasteiger charge is -2.01. The maximum absolute atomic E-state index is 12.3. The molecule has 4 aromatic rings. The van der Waals surface area contributed by atoms with Crippen LogP contribution in [0.25, 0.3) is 28.1 Å². The van der Waals surface area contributed by atoms with Crippen LogP contribution in [0.4, 0.5) is 0 Å². The Hall–Kier alpha value is -2.73. The van der Waals surface area contributed by atoms with Gasteiger partial charge in [-0.1, -0.05) is 34.1 Å². The van der Waals surface area contributed by atoms with E-state index in [0.717, 1.165) is 10.2 Å². The number of hydrogen-bond donors (Lipinski definition) is 0. The summed E-state index contributed by atoms with van der Waals surface area (Å²) in [5.74, 6) is 0.395. The molecule has 0 unspecified atom stereocenters. The molecule has 2 heterocycles. The number of aromatic nitrogens is 3. The third kappa shape index (κ3) is 2.57. The molecule has 5 nitrogen and oxygen atoms in total. The van der Waals surface area contributed by atoms with Crippen molar-refractivity contribution in [3.05, 3.63) is 75.5 Å². The van der Waals surface area contributed by atoms with Gasteiger partial charge in [0.05, 0.1) is 17.3 Å². The molecule has 0 bridgehead atoms. The first kappa shape index (κ1) is 13.9. The van der Waals surface area contributed by atoms with Gasteiger partial charge in [-0.15, -0.1) is 5.10 Å². The van der Waals surface area contributed by atoms with Crippen molar-refractivity contribution in [1.29, 1.82) is 0 Å². The van der Waals surface area contributed by atoms with E-state index >= 15 is 0 Å². The highest BCUT2D eigenvalue weighted by Gasteiger charge is 2.11. The fraction of sp³-hybridized carbons (Fsp3) is 0. The Morgan fingerprint density at radius 3 is 2.70 bits per heavy atom. The lowest BCUT2D eigenvalue weighted by atomic mass is 10.2. The van der Waals surface area contributed by atoms with E-state index < -0.39 is 0 Å². The predicted octanol–water partition coefficient (Wildman–Crippen LogP) is 3.80. The number of hydrogen-bond acceptors (Lipinski definition) is 4. The Morgan fingerprint density at radius 1 is 1.04 bits per heavy atom. The van der Waals surface area contributed by atoms with Gasteiger partial charge in [-0.05, 0) is 30.3 Å². The Bertz CT molecular complexity index is 1050.